The lowest BCUT2D eigenvalue weighted by molar-refractivity contribution is -0.255. The van der Waals surface area contributed by atoms with E-state index in [9.17, 15) is 18.3 Å². The van der Waals surface area contributed by atoms with Crippen molar-refractivity contribution in [1.82, 2.24) is 4.98 Å². The summed E-state index contributed by atoms with van der Waals surface area (Å²) in [6, 6.07) is 11.5. The largest absolute Gasteiger partial charge is 0.543 e. The molecule has 3 aromatic rings. The molecule has 2 aromatic carbocycles. The second-order valence-electron chi connectivity index (χ2n) is 5.56. The standard InChI is InChI=1S/C17H16N2O4S/c1-10-7-8-12(9-11(10)2)24(22,23)19-15-13-5-3-4-6-14(13)18-16(15)17(20)21/h3-9,18-19H,1-2H3,(H,20,21)/p-1. The van der Waals surface area contributed by atoms with Crippen molar-refractivity contribution in [2.75, 3.05) is 4.72 Å². The summed E-state index contributed by atoms with van der Waals surface area (Å²) in [6.07, 6.45) is 0. The number of sulfonamides is 1. The molecule has 1 aromatic heterocycles. The molecule has 0 bridgehead atoms. The van der Waals surface area contributed by atoms with Crippen LogP contribution in [0.2, 0.25) is 0 Å². The number of hydrogen-bond acceptors (Lipinski definition) is 4. The van der Waals surface area contributed by atoms with Crippen molar-refractivity contribution in [2.24, 2.45) is 0 Å². The molecule has 0 saturated carbocycles. The number of carbonyl (C=O) groups excluding carboxylic acids is 1. The van der Waals surface area contributed by atoms with E-state index in [1.807, 2.05) is 13.8 Å². The van der Waals surface area contributed by atoms with E-state index in [2.05, 4.69) is 9.71 Å². The van der Waals surface area contributed by atoms with E-state index in [1.54, 1.807) is 36.4 Å². The van der Waals surface area contributed by atoms with E-state index in [1.165, 1.54) is 6.07 Å². The minimum atomic E-state index is -3.93. The van der Waals surface area contributed by atoms with Crippen molar-refractivity contribution in [2.45, 2.75) is 18.7 Å². The fourth-order valence-electron chi connectivity index (χ4n) is 2.48. The van der Waals surface area contributed by atoms with Crippen LogP contribution in [0.3, 0.4) is 0 Å². The Morgan fingerprint density at radius 2 is 1.79 bits per heavy atom. The molecule has 0 atom stereocenters. The zero-order valence-electron chi connectivity index (χ0n) is 13.1. The van der Waals surface area contributed by atoms with Crippen molar-refractivity contribution in [1.29, 1.82) is 0 Å². The number of aryl methyl sites for hydroxylation is 2. The summed E-state index contributed by atoms with van der Waals surface area (Å²) in [5, 5.41) is 11.8. The van der Waals surface area contributed by atoms with Crippen molar-refractivity contribution in [3.05, 3.63) is 59.3 Å². The summed E-state index contributed by atoms with van der Waals surface area (Å²) in [6.45, 7) is 3.69. The Kier molecular flexibility index (Phi) is 3.81. The average molecular weight is 343 g/mol. The normalized spacial score (nSPS) is 11.6. The minimum absolute atomic E-state index is 0.0242. The fourth-order valence-corrected chi connectivity index (χ4v) is 3.65. The van der Waals surface area contributed by atoms with Gasteiger partial charge in [0.05, 0.1) is 22.2 Å². The Hall–Kier alpha value is -2.80. The maximum absolute atomic E-state index is 12.6. The highest BCUT2D eigenvalue weighted by molar-refractivity contribution is 7.92. The first-order chi connectivity index (χ1) is 11.3. The van der Waals surface area contributed by atoms with Crippen molar-refractivity contribution in [3.63, 3.8) is 0 Å². The molecule has 2 N–H and O–H groups in total. The summed E-state index contributed by atoms with van der Waals surface area (Å²) in [7, 11) is -3.93. The molecule has 0 spiro atoms. The van der Waals surface area contributed by atoms with Gasteiger partial charge in [0.25, 0.3) is 10.0 Å². The number of H-pyrrole nitrogens is 1. The third-order valence-corrected chi connectivity index (χ3v) is 5.28. The summed E-state index contributed by atoms with van der Waals surface area (Å²) in [5.74, 6) is -1.48. The number of carboxylic acid groups (broad SMARTS) is 1. The van der Waals surface area contributed by atoms with E-state index >= 15 is 0 Å². The van der Waals surface area contributed by atoms with E-state index < -0.39 is 16.0 Å². The lowest BCUT2D eigenvalue weighted by Crippen LogP contribution is -2.25. The molecule has 0 aliphatic carbocycles. The molecule has 0 amide bonds. The fraction of sp³-hybridized carbons (Fsp3) is 0.118. The Morgan fingerprint density at radius 1 is 1.08 bits per heavy atom. The third-order valence-electron chi connectivity index (χ3n) is 3.94. The van der Waals surface area contributed by atoms with E-state index in [0.717, 1.165) is 11.1 Å². The number of anilines is 1. The Bertz CT molecular complexity index is 1050. The Morgan fingerprint density at radius 3 is 2.46 bits per heavy atom. The predicted molar refractivity (Wildman–Crippen MR) is 89.4 cm³/mol. The van der Waals surface area contributed by atoms with Crippen LogP contribution in [0.25, 0.3) is 10.9 Å². The minimum Gasteiger partial charge on any atom is -0.543 e. The van der Waals surface area contributed by atoms with Crippen LogP contribution in [0.5, 0.6) is 0 Å². The van der Waals surface area contributed by atoms with Gasteiger partial charge in [-0.2, -0.15) is 0 Å². The summed E-state index contributed by atoms with van der Waals surface area (Å²) in [4.78, 5) is 14.1. The third kappa shape index (κ3) is 2.74. The number of benzene rings is 2. The van der Waals surface area contributed by atoms with Crippen LogP contribution in [-0.4, -0.2) is 19.4 Å². The molecule has 0 fully saturated rings. The number of rotatable bonds is 4. The topological polar surface area (TPSA) is 102 Å². The second kappa shape index (κ2) is 5.68. The zero-order valence-corrected chi connectivity index (χ0v) is 13.9. The molecule has 3 rings (SSSR count). The number of para-hydroxylation sites is 1. The van der Waals surface area contributed by atoms with Gasteiger partial charge in [0.15, 0.2) is 0 Å². The van der Waals surface area contributed by atoms with Crippen LogP contribution >= 0.6 is 0 Å². The highest BCUT2D eigenvalue weighted by atomic mass is 32.2. The van der Waals surface area contributed by atoms with Crippen molar-refractivity contribution in [3.8, 4) is 0 Å². The zero-order chi connectivity index (χ0) is 17.5. The second-order valence-corrected chi connectivity index (χ2v) is 7.24. The first-order valence-electron chi connectivity index (χ1n) is 7.22. The molecule has 1 heterocycles. The van der Waals surface area contributed by atoms with Gasteiger partial charge in [-0.3, -0.25) is 4.72 Å². The van der Waals surface area contributed by atoms with Crippen LogP contribution in [0.4, 0.5) is 5.69 Å². The van der Waals surface area contributed by atoms with Crippen molar-refractivity contribution >= 4 is 32.6 Å². The summed E-state index contributed by atoms with van der Waals surface area (Å²) < 4.78 is 27.7. The SMILES string of the molecule is Cc1ccc(S(=O)(=O)Nc2c(C(=O)[O-])[nH]c3ccccc23)cc1C. The van der Waals surface area contributed by atoms with Crippen LogP contribution in [-0.2, 0) is 10.0 Å². The van der Waals surface area contributed by atoms with Crippen LogP contribution in [0.1, 0.15) is 21.6 Å². The maximum Gasteiger partial charge on any atom is 0.261 e. The molecule has 0 aliphatic rings. The van der Waals surface area contributed by atoms with Gasteiger partial charge in [0.1, 0.15) is 0 Å². The Balaban J connectivity index is 2.13. The van der Waals surface area contributed by atoms with Gasteiger partial charge in [-0.05, 0) is 43.2 Å². The van der Waals surface area contributed by atoms with Gasteiger partial charge < -0.3 is 14.9 Å². The number of hydrogen-bond donors (Lipinski definition) is 2. The Labute approximate surface area is 139 Å². The quantitative estimate of drug-likeness (QED) is 0.756. The highest BCUT2D eigenvalue weighted by Crippen LogP contribution is 2.29. The maximum atomic E-state index is 12.6. The number of aromatic amines is 1. The number of aromatic carboxylic acids is 1. The van der Waals surface area contributed by atoms with E-state index in [-0.39, 0.29) is 16.3 Å². The molecule has 6 nitrogen and oxygen atoms in total. The molecule has 124 valence electrons. The summed E-state index contributed by atoms with van der Waals surface area (Å²) in [5.41, 5.74) is 1.98. The van der Waals surface area contributed by atoms with Crippen molar-refractivity contribution < 1.29 is 18.3 Å². The number of aromatic nitrogens is 1. The molecule has 7 heteroatoms. The summed E-state index contributed by atoms with van der Waals surface area (Å²) >= 11 is 0. The molecule has 0 saturated heterocycles. The number of fused-ring (bicyclic) bond motifs is 1. The van der Waals surface area contributed by atoms with Gasteiger partial charge in [-0.25, -0.2) is 8.42 Å². The van der Waals surface area contributed by atoms with E-state index in [0.29, 0.717) is 10.9 Å². The monoisotopic (exact) mass is 343 g/mol. The molecule has 24 heavy (non-hydrogen) atoms. The molecule has 0 radical (unpaired) electrons. The van der Waals surface area contributed by atoms with E-state index in [4.69, 9.17) is 0 Å². The van der Waals surface area contributed by atoms with Crippen LogP contribution < -0.4 is 9.83 Å². The molecular formula is C17H15N2O4S-. The van der Waals surface area contributed by atoms with Gasteiger partial charge in [0.2, 0.25) is 0 Å². The molecular weight excluding hydrogens is 328 g/mol. The lowest BCUT2D eigenvalue weighted by Gasteiger charge is -2.11. The molecule has 0 unspecified atom stereocenters. The van der Waals surface area contributed by atoms with Crippen LogP contribution in [0, 0.1) is 13.8 Å². The lowest BCUT2D eigenvalue weighted by atomic mass is 10.1. The van der Waals surface area contributed by atoms with Gasteiger partial charge in [-0.1, -0.05) is 24.3 Å². The molecule has 0 aliphatic heterocycles. The van der Waals surface area contributed by atoms with Gasteiger partial charge in [-0.15, -0.1) is 0 Å². The van der Waals surface area contributed by atoms with Gasteiger partial charge >= 0.3 is 0 Å². The number of carboxylic acids is 1. The van der Waals surface area contributed by atoms with Gasteiger partial charge in [0, 0.05) is 10.9 Å². The first kappa shape index (κ1) is 16.1. The average Bonchev–Trinajstić information content (AvgIpc) is 2.88. The number of nitrogens with one attached hydrogen (secondary N) is 2. The first-order valence-corrected chi connectivity index (χ1v) is 8.70. The highest BCUT2D eigenvalue weighted by Gasteiger charge is 2.20. The smallest absolute Gasteiger partial charge is 0.261 e. The van der Waals surface area contributed by atoms with Crippen LogP contribution in [0.15, 0.2) is 47.4 Å². The number of carbonyl (C=O) groups is 1. The predicted octanol–water partition coefficient (Wildman–Crippen LogP) is 1.95.